The molecule has 2 aromatic heterocycles. The molecule has 0 aliphatic rings. The van der Waals surface area contributed by atoms with Crippen LogP contribution in [0.1, 0.15) is 21.6 Å². The molecule has 0 spiro atoms. The number of aryl methyl sites for hydroxylation is 3. The quantitative estimate of drug-likeness (QED) is 0.671. The number of benzene rings is 1. The lowest BCUT2D eigenvalue weighted by Crippen LogP contribution is -2.22. The molecule has 0 N–H and O–H groups in total. The third-order valence-electron chi connectivity index (χ3n) is 3.76. The van der Waals surface area contributed by atoms with Crippen LogP contribution in [0, 0.1) is 13.8 Å². The van der Waals surface area contributed by atoms with Crippen LogP contribution in [-0.2, 0) is 23.1 Å². The molecule has 0 unspecified atom stereocenters. The van der Waals surface area contributed by atoms with E-state index in [1.54, 1.807) is 22.5 Å². The monoisotopic (exact) mass is 358 g/mol. The van der Waals surface area contributed by atoms with Gasteiger partial charge in [-0.05, 0) is 31.5 Å². The summed E-state index contributed by atoms with van der Waals surface area (Å²) in [5.41, 5.74) is 3.00. The Bertz CT molecular complexity index is 1040. The molecule has 3 rings (SSSR count). The molecule has 0 saturated carbocycles. The van der Waals surface area contributed by atoms with E-state index < -0.39 is 11.9 Å². The van der Waals surface area contributed by atoms with Gasteiger partial charge in [-0.3, -0.25) is 14.3 Å². The number of fused-ring (bicyclic) bond motifs is 1. The molecule has 25 heavy (non-hydrogen) atoms. The van der Waals surface area contributed by atoms with E-state index in [1.807, 2.05) is 32.0 Å². The summed E-state index contributed by atoms with van der Waals surface area (Å²) in [7, 11) is 3.09. The molecule has 0 aliphatic heterocycles. The molecule has 8 heteroatoms. The predicted octanol–water partition coefficient (Wildman–Crippen LogP) is 1.97. The summed E-state index contributed by atoms with van der Waals surface area (Å²) in [6.07, 6.45) is 1.76. The molecule has 7 nitrogen and oxygen atoms in total. The third-order valence-corrected chi connectivity index (χ3v) is 4.81. The molecule has 0 aliphatic carbocycles. The summed E-state index contributed by atoms with van der Waals surface area (Å²) < 4.78 is 8.99. The maximum absolute atomic E-state index is 12.5. The fourth-order valence-corrected chi connectivity index (χ4v) is 3.70. The van der Waals surface area contributed by atoms with Gasteiger partial charge in [0.2, 0.25) is 0 Å². The smallest absolute Gasteiger partial charge is 0.325 e. The normalized spacial score (nSPS) is 11.9. The molecule has 130 valence electrons. The number of hydrogen-bond acceptors (Lipinski definition) is 5. The number of hydrogen-bond donors (Lipinski definition) is 0. The second-order valence-electron chi connectivity index (χ2n) is 5.77. The van der Waals surface area contributed by atoms with Gasteiger partial charge >= 0.3 is 5.97 Å². The van der Waals surface area contributed by atoms with Crippen molar-refractivity contribution in [3.8, 4) is 0 Å². The minimum Gasteiger partial charge on any atom is -0.468 e. The van der Waals surface area contributed by atoms with Crippen molar-refractivity contribution in [2.45, 2.75) is 20.4 Å². The lowest BCUT2D eigenvalue weighted by Gasteiger charge is -2.03. The van der Waals surface area contributed by atoms with Crippen LogP contribution in [0.25, 0.3) is 10.2 Å². The summed E-state index contributed by atoms with van der Waals surface area (Å²) in [6.45, 7) is 3.79. The molecule has 0 bridgehead atoms. The summed E-state index contributed by atoms with van der Waals surface area (Å²) >= 11 is 1.36. The molecule has 1 amide bonds. The van der Waals surface area contributed by atoms with Gasteiger partial charge in [0.1, 0.15) is 6.54 Å². The molecule has 0 saturated heterocycles. The number of nitrogens with zero attached hydrogens (tertiary/aromatic N) is 4. The topological polar surface area (TPSA) is 78.5 Å². The Labute approximate surface area is 148 Å². The Balaban J connectivity index is 2.16. The van der Waals surface area contributed by atoms with Crippen LogP contribution in [0.3, 0.4) is 0 Å². The average Bonchev–Trinajstić information content (AvgIpc) is 3.06. The van der Waals surface area contributed by atoms with Gasteiger partial charge in [0, 0.05) is 18.8 Å². The highest BCUT2D eigenvalue weighted by atomic mass is 32.1. The summed E-state index contributed by atoms with van der Waals surface area (Å²) in [5, 5.41) is 4.16. The lowest BCUT2D eigenvalue weighted by molar-refractivity contribution is -0.141. The zero-order chi connectivity index (χ0) is 18.1. The summed E-state index contributed by atoms with van der Waals surface area (Å²) in [4.78, 5) is 29.0. The first-order chi connectivity index (χ1) is 11.9. The highest BCUT2D eigenvalue weighted by Gasteiger charge is 2.15. The van der Waals surface area contributed by atoms with Gasteiger partial charge in [-0.2, -0.15) is 10.1 Å². The van der Waals surface area contributed by atoms with E-state index in [-0.39, 0.29) is 6.54 Å². The average molecular weight is 358 g/mol. The van der Waals surface area contributed by atoms with E-state index in [0.717, 1.165) is 21.3 Å². The number of methoxy groups -OCH3 is 1. The van der Waals surface area contributed by atoms with Crippen LogP contribution in [0.2, 0.25) is 0 Å². The summed E-state index contributed by atoms with van der Waals surface area (Å²) in [5.74, 6) is -0.830. The van der Waals surface area contributed by atoms with Gasteiger partial charge < -0.3 is 9.30 Å². The van der Waals surface area contributed by atoms with Gasteiger partial charge in [0.05, 0.1) is 17.3 Å². The fourth-order valence-electron chi connectivity index (χ4n) is 2.57. The van der Waals surface area contributed by atoms with E-state index >= 15 is 0 Å². The summed E-state index contributed by atoms with van der Waals surface area (Å²) in [6, 6.07) is 5.88. The molecule has 1 aromatic carbocycles. The largest absolute Gasteiger partial charge is 0.468 e. The second kappa shape index (κ2) is 6.64. The zero-order valence-corrected chi connectivity index (χ0v) is 15.3. The molecule has 0 atom stereocenters. The number of ether oxygens (including phenoxy) is 1. The molecule has 2 heterocycles. The Morgan fingerprint density at radius 2 is 2.08 bits per heavy atom. The third kappa shape index (κ3) is 3.39. The van der Waals surface area contributed by atoms with E-state index in [1.165, 1.54) is 18.4 Å². The van der Waals surface area contributed by atoms with Crippen LogP contribution in [0.15, 0.2) is 29.4 Å². The number of rotatable bonds is 3. The molecule has 0 fully saturated rings. The number of aromatic nitrogens is 3. The number of esters is 1. The van der Waals surface area contributed by atoms with Crippen molar-refractivity contribution < 1.29 is 14.3 Å². The molecule has 0 radical (unpaired) electrons. The van der Waals surface area contributed by atoms with Crippen LogP contribution in [0.5, 0.6) is 0 Å². The molecule has 3 aromatic rings. The number of thiazole rings is 1. The van der Waals surface area contributed by atoms with E-state index in [4.69, 9.17) is 4.74 Å². The van der Waals surface area contributed by atoms with E-state index in [9.17, 15) is 9.59 Å². The number of carbonyl (C=O) groups is 2. The Morgan fingerprint density at radius 1 is 1.32 bits per heavy atom. The first-order valence-corrected chi connectivity index (χ1v) is 8.47. The minimum atomic E-state index is -0.431. The van der Waals surface area contributed by atoms with Crippen molar-refractivity contribution in [2.75, 3.05) is 7.11 Å². The standard InChI is InChI=1S/C17H18N4O3S/c1-10-5-6-12-13(7-10)25-17(21(12)9-14(22)24-4)18-16(23)15-11(2)8-20(3)19-15/h5-8H,9H2,1-4H3. The number of amides is 1. The van der Waals surface area contributed by atoms with Crippen molar-refractivity contribution in [3.05, 3.63) is 46.0 Å². The van der Waals surface area contributed by atoms with E-state index in [0.29, 0.717) is 10.5 Å². The highest BCUT2D eigenvalue weighted by Crippen LogP contribution is 2.19. The predicted molar refractivity (Wildman–Crippen MR) is 94.4 cm³/mol. The van der Waals surface area contributed by atoms with E-state index in [2.05, 4.69) is 10.1 Å². The van der Waals surface area contributed by atoms with Gasteiger partial charge in [0.25, 0.3) is 5.91 Å². The number of carbonyl (C=O) groups excluding carboxylic acids is 2. The van der Waals surface area contributed by atoms with Crippen molar-refractivity contribution in [2.24, 2.45) is 12.0 Å². The highest BCUT2D eigenvalue weighted by molar-refractivity contribution is 7.16. The van der Waals surface area contributed by atoms with Gasteiger partial charge in [0.15, 0.2) is 10.5 Å². The molecular weight excluding hydrogens is 340 g/mol. The fraction of sp³-hybridized carbons (Fsp3) is 0.294. The Kier molecular flexibility index (Phi) is 4.54. The van der Waals surface area contributed by atoms with Crippen molar-refractivity contribution >= 4 is 33.4 Å². The molecular formula is C17H18N4O3S. The lowest BCUT2D eigenvalue weighted by atomic mass is 10.2. The van der Waals surface area contributed by atoms with Crippen LogP contribution in [-0.4, -0.2) is 33.3 Å². The second-order valence-corrected chi connectivity index (χ2v) is 6.78. The zero-order valence-electron chi connectivity index (χ0n) is 14.4. The first kappa shape index (κ1) is 17.1. The van der Waals surface area contributed by atoms with Crippen molar-refractivity contribution in [1.82, 2.24) is 14.3 Å². The van der Waals surface area contributed by atoms with Crippen molar-refractivity contribution in [1.29, 1.82) is 0 Å². The maximum atomic E-state index is 12.5. The Morgan fingerprint density at radius 3 is 2.72 bits per heavy atom. The van der Waals surface area contributed by atoms with Crippen LogP contribution < -0.4 is 4.80 Å². The van der Waals surface area contributed by atoms with Gasteiger partial charge in [-0.25, -0.2) is 0 Å². The van der Waals surface area contributed by atoms with Gasteiger partial charge in [-0.15, -0.1) is 0 Å². The Hall–Kier alpha value is -2.74. The van der Waals surface area contributed by atoms with Crippen LogP contribution >= 0.6 is 11.3 Å². The minimum absolute atomic E-state index is 0.00707. The first-order valence-electron chi connectivity index (χ1n) is 7.65. The maximum Gasteiger partial charge on any atom is 0.325 e. The van der Waals surface area contributed by atoms with Gasteiger partial charge in [-0.1, -0.05) is 17.4 Å². The van der Waals surface area contributed by atoms with Crippen molar-refractivity contribution in [3.63, 3.8) is 0 Å². The van der Waals surface area contributed by atoms with Crippen LogP contribution in [0.4, 0.5) is 0 Å². The SMILES string of the molecule is COC(=O)Cn1c(=NC(=O)c2nn(C)cc2C)sc2cc(C)ccc21.